The van der Waals surface area contributed by atoms with E-state index in [2.05, 4.69) is 50.6 Å². The van der Waals surface area contributed by atoms with Crippen LogP contribution in [0.2, 0.25) is 0 Å². The van der Waals surface area contributed by atoms with Gasteiger partial charge in [0, 0.05) is 54.4 Å². The van der Waals surface area contributed by atoms with Gasteiger partial charge in [-0.3, -0.25) is 4.98 Å². The van der Waals surface area contributed by atoms with Crippen molar-refractivity contribution in [1.82, 2.24) is 25.2 Å². The average Bonchev–Trinajstić information content (AvgIpc) is 2.83. The Morgan fingerprint density at radius 2 is 1.88 bits per heavy atom. The van der Waals surface area contributed by atoms with E-state index in [4.69, 9.17) is 5.41 Å². The van der Waals surface area contributed by atoms with Gasteiger partial charge in [0.1, 0.15) is 12.1 Å². The van der Waals surface area contributed by atoms with Crippen molar-refractivity contribution in [2.75, 3.05) is 19.4 Å². The summed E-state index contributed by atoms with van der Waals surface area (Å²) in [4.78, 5) is 15.4. The molecule has 1 fully saturated rings. The van der Waals surface area contributed by atoms with Crippen LogP contribution in [0.5, 0.6) is 0 Å². The molecule has 3 N–H and O–H groups in total. The lowest BCUT2D eigenvalue weighted by molar-refractivity contribution is 0.221. The van der Waals surface area contributed by atoms with Crippen LogP contribution >= 0.6 is 0 Å². The van der Waals surface area contributed by atoms with E-state index in [9.17, 15) is 0 Å². The highest BCUT2D eigenvalue weighted by molar-refractivity contribution is 6.09. The number of benzene rings is 1. The summed E-state index contributed by atoms with van der Waals surface area (Å²) >= 11 is 0. The first kappa shape index (κ1) is 21.9. The second-order valence-corrected chi connectivity index (χ2v) is 8.55. The van der Waals surface area contributed by atoms with Gasteiger partial charge in [0.25, 0.3) is 0 Å². The van der Waals surface area contributed by atoms with Crippen molar-refractivity contribution in [2.45, 2.75) is 44.3 Å². The largest absolute Gasteiger partial charge is 0.386 e. The minimum Gasteiger partial charge on any atom is -0.386 e. The maximum absolute atomic E-state index is 7.91. The number of hydrogen-bond acceptors (Lipinski definition) is 7. The van der Waals surface area contributed by atoms with Crippen molar-refractivity contribution >= 4 is 28.5 Å². The highest BCUT2D eigenvalue weighted by Gasteiger charge is 2.23. The number of nitrogens with zero attached hydrogens (tertiary/aromatic N) is 4. The highest BCUT2D eigenvalue weighted by Crippen LogP contribution is 2.28. The molecule has 3 aromatic rings. The fraction of sp³-hybridized carbons (Fsp3) is 0.360. The number of anilines is 1. The van der Waals surface area contributed by atoms with E-state index in [1.807, 2.05) is 30.5 Å². The second kappa shape index (κ2) is 10.3. The maximum Gasteiger partial charge on any atom is 0.137 e. The minimum absolute atomic E-state index is 0.424. The zero-order valence-corrected chi connectivity index (χ0v) is 18.8. The fourth-order valence-corrected chi connectivity index (χ4v) is 4.27. The lowest BCUT2D eigenvalue weighted by atomic mass is 9.90. The topological polar surface area (TPSA) is 89.8 Å². The molecule has 0 aliphatic heterocycles. The molecule has 0 bridgehead atoms. The van der Waals surface area contributed by atoms with Gasteiger partial charge < -0.3 is 20.9 Å². The first-order valence-corrected chi connectivity index (χ1v) is 11.1. The molecule has 0 saturated heterocycles. The van der Waals surface area contributed by atoms with Crippen LogP contribution in [0, 0.1) is 5.41 Å². The maximum atomic E-state index is 7.91. The van der Waals surface area contributed by atoms with Gasteiger partial charge in [-0.15, -0.1) is 0 Å². The van der Waals surface area contributed by atoms with E-state index in [1.165, 1.54) is 19.1 Å². The molecule has 1 saturated carbocycles. The molecule has 1 aromatic carbocycles. The highest BCUT2D eigenvalue weighted by atomic mass is 15.1. The molecule has 0 radical (unpaired) electrons. The van der Waals surface area contributed by atoms with E-state index in [0.717, 1.165) is 46.3 Å². The van der Waals surface area contributed by atoms with Gasteiger partial charge in [-0.1, -0.05) is 6.07 Å². The van der Waals surface area contributed by atoms with E-state index >= 15 is 0 Å². The van der Waals surface area contributed by atoms with Gasteiger partial charge in [0.2, 0.25) is 0 Å². The Hall–Kier alpha value is -3.32. The molecule has 0 atom stereocenters. The van der Waals surface area contributed by atoms with Crippen LogP contribution in [0.1, 0.15) is 36.8 Å². The van der Waals surface area contributed by atoms with Crippen LogP contribution in [0.25, 0.3) is 16.5 Å². The van der Waals surface area contributed by atoms with Crippen molar-refractivity contribution in [2.24, 2.45) is 0 Å². The van der Waals surface area contributed by atoms with Crippen molar-refractivity contribution in [1.29, 1.82) is 5.41 Å². The summed E-state index contributed by atoms with van der Waals surface area (Å²) in [6, 6.07) is 11.1. The summed E-state index contributed by atoms with van der Waals surface area (Å²) < 4.78 is 0. The van der Waals surface area contributed by atoms with Crippen molar-refractivity contribution in [3.05, 3.63) is 66.4 Å². The minimum atomic E-state index is 0.424. The summed E-state index contributed by atoms with van der Waals surface area (Å²) in [5.74, 6) is 0.874. The number of rotatable bonds is 8. The molecule has 1 aliphatic carbocycles. The Labute approximate surface area is 189 Å². The Kier molecular flexibility index (Phi) is 7.07. The molecule has 32 heavy (non-hydrogen) atoms. The molecule has 0 amide bonds. The molecule has 4 rings (SSSR count). The first-order chi connectivity index (χ1) is 15.6. The normalized spacial score (nSPS) is 19.2. The third-order valence-corrected chi connectivity index (χ3v) is 6.21. The number of allylic oxidation sites excluding steroid dienone is 1. The molecular weight excluding hydrogens is 398 g/mol. The first-order valence-electron chi connectivity index (χ1n) is 11.1. The standard InChI is InChI=1S/C25H31N7/c1-32(2)22-6-4-21(5-7-22)31-25-23-13-19(3-8-24(23)29-17-30-25)20(14-26)16-28-15-18-9-11-27-12-10-18/h3,8-14,16-17,21-22,26,28H,4-7,15H2,1-2H3,(H,29,30,31)/b20-16+,26-14?/t21-,22-. The lowest BCUT2D eigenvalue weighted by Crippen LogP contribution is -2.36. The lowest BCUT2D eigenvalue weighted by Gasteiger charge is -2.33. The average molecular weight is 430 g/mol. The van der Waals surface area contributed by atoms with Gasteiger partial charge in [0.05, 0.1) is 5.52 Å². The summed E-state index contributed by atoms with van der Waals surface area (Å²) in [5, 5.41) is 15.9. The molecule has 0 spiro atoms. The molecule has 166 valence electrons. The SMILES string of the molecule is CN(C)[C@H]1CC[C@H](Nc2ncnc3ccc(/C(C=N)=C/NCc4ccncc4)cc23)CC1. The van der Waals surface area contributed by atoms with Crippen molar-refractivity contribution < 1.29 is 0 Å². The predicted molar refractivity (Wildman–Crippen MR) is 131 cm³/mol. The van der Waals surface area contributed by atoms with Crippen molar-refractivity contribution in [3.8, 4) is 0 Å². The van der Waals surface area contributed by atoms with E-state index in [0.29, 0.717) is 18.6 Å². The molecule has 7 nitrogen and oxygen atoms in total. The van der Waals surface area contributed by atoms with Crippen LogP contribution < -0.4 is 10.6 Å². The molecule has 0 unspecified atom stereocenters. The molecule has 2 aromatic heterocycles. The Morgan fingerprint density at radius 1 is 1.09 bits per heavy atom. The monoisotopic (exact) mass is 429 g/mol. The quantitative estimate of drug-likeness (QED) is 0.467. The number of pyridine rings is 1. The third-order valence-electron chi connectivity index (χ3n) is 6.21. The van der Waals surface area contributed by atoms with E-state index < -0.39 is 0 Å². The summed E-state index contributed by atoms with van der Waals surface area (Å²) in [5.41, 5.74) is 3.82. The Morgan fingerprint density at radius 3 is 2.59 bits per heavy atom. The number of fused-ring (bicyclic) bond motifs is 1. The molecule has 2 heterocycles. The number of hydrogen-bond donors (Lipinski definition) is 3. The second-order valence-electron chi connectivity index (χ2n) is 8.55. The van der Waals surface area contributed by atoms with Crippen molar-refractivity contribution in [3.63, 3.8) is 0 Å². The Balaban J connectivity index is 1.51. The third kappa shape index (κ3) is 5.29. The van der Waals surface area contributed by atoms with Crippen LogP contribution in [0.15, 0.2) is 55.3 Å². The van der Waals surface area contributed by atoms with Crippen LogP contribution in [-0.4, -0.2) is 52.2 Å². The summed E-state index contributed by atoms with van der Waals surface area (Å²) in [6.45, 7) is 0.680. The van der Waals surface area contributed by atoms with Gasteiger partial charge >= 0.3 is 0 Å². The van der Waals surface area contributed by atoms with Gasteiger partial charge in [-0.05, 0) is 75.2 Å². The van der Waals surface area contributed by atoms with Crippen LogP contribution in [0.4, 0.5) is 5.82 Å². The zero-order valence-electron chi connectivity index (χ0n) is 18.8. The number of aromatic nitrogens is 3. The predicted octanol–water partition coefficient (Wildman–Crippen LogP) is 4.09. The van der Waals surface area contributed by atoms with Crippen LogP contribution in [-0.2, 0) is 6.54 Å². The van der Waals surface area contributed by atoms with E-state index in [-0.39, 0.29) is 0 Å². The molecule has 1 aliphatic rings. The molecular formula is C25H31N7. The van der Waals surface area contributed by atoms with Gasteiger partial charge in [0.15, 0.2) is 0 Å². The Bertz CT molecular complexity index is 1070. The zero-order chi connectivity index (χ0) is 22.3. The van der Waals surface area contributed by atoms with Crippen LogP contribution in [0.3, 0.4) is 0 Å². The summed E-state index contributed by atoms with van der Waals surface area (Å²) in [6.07, 6.45) is 13.1. The smallest absolute Gasteiger partial charge is 0.137 e. The molecule has 7 heteroatoms. The van der Waals surface area contributed by atoms with E-state index in [1.54, 1.807) is 18.7 Å². The fourth-order valence-electron chi connectivity index (χ4n) is 4.27. The number of nitrogens with one attached hydrogen (secondary N) is 3. The van der Waals surface area contributed by atoms with Gasteiger partial charge in [-0.25, -0.2) is 9.97 Å². The summed E-state index contributed by atoms with van der Waals surface area (Å²) in [7, 11) is 4.33. The van der Waals surface area contributed by atoms with Gasteiger partial charge in [-0.2, -0.15) is 0 Å².